The molecule has 0 spiro atoms. The van der Waals surface area contributed by atoms with E-state index in [9.17, 15) is 14.7 Å². The molecule has 1 aliphatic rings. The lowest BCUT2D eigenvalue weighted by molar-refractivity contribution is -0.139. The van der Waals surface area contributed by atoms with Gasteiger partial charge in [0, 0.05) is 12.1 Å². The number of hydrogen-bond acceptors (Lipinski definition) is 6. The number of benzene rings is 3. The molecule has 1 N–H and O–H groups in total. The van der Waals surface area contributed by atoms with E-state index < -0.39 is 17.7 Å². The van der Waals surface area contributed by atoms with Gasteiger partial charge >= 0.3 is 0 Å². The van der Waals surface area contributed by atoms with Crippen molar-refractivity contribution < 1.29 is 24.2 Å². The van der Waals surface area contributed by atoms with E-state index >= 15 is 0 Å². The number of hydrogen-bond donors (Lipinski definition) is 1. The number of nitrogens with zero attached hydrogens (tertiary/aromatic N) is 2. The van der Waals surface area contributed by atoms with Crippen molar-refractivity contribution in [1.82, 2.24) is 9.80 Å². The third-order valence-corrected chi connectivity index (χ3v) is 6.73. The molecule has 1 heterocycles. The summed E-state index contributed by atoms with van der Waals surface area (Å²) in [5.74, 6) is 0.810. The van der Waals surface area contributed by atoms with Crippen molar-refractivity contribution in [2.24, 2.45) is 5.92 Å². The van der Waals surface area contributed by atoms with Crippen LogP contribution in [0, 0.1) is 12.8 Å². The summed E-state index contributed by atoms with van der Waals surface area (Å²) in [5, 5.41) is 11.6. The zero-order valence-corrected chi connectivity index (χ0v) is 23.9. The Bertz CT molecular complexity index is 1380. The minimum atomic E-state index is -0.752. The van der Waals surface area contributed by atoms with Crippen molar-refractivity contribution in [3.8, 4) is 17.2 Å². The molecule has 1 fully saturated rings. The van der Waals surface area contributed by atoms with Crippen LogP contribution in [0.5, 0.6) is 17.2 Å². The zero-order chi connectivity index (χ0) is 28.8. The van der Waals surface area contributed by atoms with E-state index in [0.717, 1.165) is 12.1 Å². The molecule has 40 heavy (non-hydrogen) atoms. The molecule has 0 unspecified atom stereocenters. The molecule has 1 saturated heterocycles. The predicted octanol–water partition coefficient (Wildman–Crippen LogP) is 6.20. The zero-order valence-electron chi connectivity index (χ0n) is 23.9. The third kappa shape index (κ3) is 6.72. The molecule has 0 saturated carbocycles. The van der Waals surface area contributed by atoms with Gasteiger partial charge in [-0.2, -0.15) is 0 Å². The SMILES string of the molecule is Cc1cc(OCC(C)C)ccc1C(O)=C1C(=O)C(=O)N(CCCN(C)C)[C@H]1c1cccc(Oc2ccccc2)c1. The highest BCUT2D eigenvalue weighted by molar-refractivity contribution is 6.46. The van der Waals surface area contributed by atoms with Gasteiger partial charge in [-0.25, -0.2) is 0 Å². The smallest absolute Gasteiger partial charge is 0.295 e. The van der Waals surface area contributed by atoms with Gasteiger partial charge in [0.15, 0.2) is 0 Å². The van der Waals surface area contributed by atoms with E-state index in [1.54, 1.807) is 17.0 Å². The first-order valence-electron chi connectivity index (χ1n) is 13.7. The summed E-state index contributed by atoms with van der Waals surface area (Å²) in [7, 11) is 3.93. The maximum Gasteiger partial charge on any atom is 0.295 e. The summed E-state index contributed by atoms with van der Waals surface area (Å²) in [6.07, 6.45) is 0.678. The number of ether oxygens (including phenoxy) is 2. The summed E-state index contributed by atoms with van der Waals surface area (Å²) in [6.45, 7) is 7.70. The van der Waals surface area contributed by atoms with Crippen LogP contribution in [0.4, 0.5) is 0 Å². The highest BCUT2D eigenvalue weighted by Gasteiger charge is 2.46. The van der Waals surface area contributed by atoms with Crippen molar-refractivity contribution in [3.63, 3.8) is 0 Å². The second kappa shape index (κ2) is 12.8. The van der Waals surface area contributed by atoms with E-state index in [2.05, 4.69) is 13.8 Å². The van der Waals surface area contributed by atoms with E-state index in [4.69, 9.17) is 9.47 Å². The van der Waals surface area contributed by atoms with Crippen molar-refractivity contribution in [2.45, 2.75) is 33.2 Å². The molecule has 1 amide bonds. The number of aliphatic hydroxyl groups excluding tert-OH is 1. The Morgan fingerprint density at radius 3 is 2.35 bits per heavy atom. The number of rotatable bonds is 11. The molecule has 1 aliphatic heterocycles. The normalized spacial score (nSPS) is 16.7. The summed E-state index contributed by atoms with van der Waals surface area (Å²) in [4.78, 5) is 30.4. The Labute approximate surface area is 236 Å². The van der Waals surface area contributed by atoms with Gasteiger partial charge in [0.25, 0.3) is 11.7 Å². The van der Waals surface area contributed by atoms with Crippen LogP contribution in [-0.4, -0.2) is 60.4 Å². The minimum Gasteiger partial charge on any atom is -0.507 e. The number of para-hydroxylation sites is 1. The summed E-state index contributed by atoms with van der Waals surface area (Å²) in [6, 6.07) is 21.4. The maximum absolute atomic E-state index is 13.5. The summed E-state index contributed by atoms with van der Waals surface area (Å²) >= 11 is 0. The summed E-state index contributed by atoms with van der Waals surface area (Å²) in [5.41, 5.74) is 2.00. The Kier molecular flexibility index (Phi) is 9.27. The van der Waals surface area contributed by atoms with Gasteiger partial charge in [-0.05, 0) is 93.5 Å². The molecular weight excluding hydrogens is 504 g/mol. The number of amides is 1. The van der Waals surface area contributed by atoms with Gasteiger partial charge in [0.1, 0.15) is 23.0 Å². The van der Waals surface area contributed by atoms with Crippen LogP contribution in [0.1, 0.15) is 43.0 Å². The van der Waals surface area contributed by atoms with Gasteiger partial charge in [-0.3, -0.25) is 9.59 Å². The quantitative estimate of drug-likeness (QED) is 0.177. The monoisotopic (exact) mass is 542 g/mol. The first kappa shape index (κ1) is 28.9. The van der Waals surface area contributed by atoms with Gasteiger partial charge in [0.05, 0.1) is 18.2 Å². The van der Waals surface area contributed by atoms with Crippen LogP contribution in [0.2, 0.25) is 0 Å². The van der Waals surface area contributed by atoms with Gasteiger partial charge in [0.2, 0.25) is 0 Å². The molecule has 1 atom stereocenters. The van der Waals surface area contributed by atoms with E-state index in [1.807, 2.05) is 86.6 Å². The lowest BCUT2D eigenvalue weighted by Crippen LogP contribution is -2.32. The highest BCUT2D eigenvalue weighted by atomic mass is 16.5. The molecular formula is C33H38N2O5. The molecule has 4 rings (SSSR count). The molecule has 0 aliphatic carbocycles. The Morgan fingerprint density at radius 1 is 0.950 bits per heavy atom. The average Bonchev–Trinajstić information content (AvgIpc) is 3.17. The lowest BCUT2D eigenvalue weighted by atomic mass is 9.93. The van der Waals surface area contributed by atoms with Crippen LogP contribution >= 0.6 is 0 Å². The maximum atomic E-state index is 13.5. The Morgan fingerprint density at radius 2 is 1.68 bits per heavy atom. The van der Waals surface area contributed by atoms with E-state index in [1.165, 1.54) is 0 Å². The molecule has 3 aromatic carbocycles. The van der Waals surface area contributed by atoms with Gasteiger partial charge in [-0.15, -0.1) is 0 Å². The van der Waals surface area contributed by atoms with Crippen LogP contribution in [0.3, 0.4) is 0 Å². The number of Topliss-reactive ketones (excluding diaryl/α,β-unsaturated/α-hetero) is 1. The van der Waals surface area contributed by atoms with Crippen LogP contribution in [0.25, 0.3) is 5.76 Å². The summed E-state index contributed by atoms with van der Waals surface area (Å²) < 4.78 is 11.9. The predicted molar refractivity (Wildman–Crippen MR) is 157 cm³/mol. The van der Waals surface area contributed by atoms with Crippen molar-refractivity contribution in [1.29, 1.82) is 0 Å². The molecule has 0 bridgehead atoms. The molecule has 7 nitrogen and oxygen atoms in total. The minimum absolute atomic E-state index is 0.0747. The third-order valence-electron chi connectivity index (χ3n) is 6.73. The second-order valence-electron chi connectivity index (χ2n) is 10.8. The van der Waals surface area contributed by atoms with Crippen molar-refractivity contribution >= 4 is 17.4 Å². The fraction of sp³-hybridized carbons (Fsp3) is 0.333. The molecule has 3 aromatic rings. The molecule has 210 valence electrons. The fourth-order valence-electron chi connectivity index (χ4n) is 4.79. The van der Waals surface area contributed by atoms with Gasteiger partial charge < -0.3 is 24.4 Å². The number of carbonyl (C=O) groups excluding carboxylic acids is 2. The van der Waals surface area contributed by atoms with Gasteiger partial charge in [-0.1, -0.05) is 44.2 Å². The standard InChI is InChI=1S/C33H38N2O5/c1-22(2)21-39-26-15-16-28(23(3)19-26)31(36)29-30(35(33(38)32(29)37)18-10-17-34(4)5)24-11-9-14-27(20-24)40-25-12-7-6-8-13-25/h6-9,11-16,19-20,22,30,36H,10,17-18,21H2,1-5H3/t30-/m0/s1. The second-order valence-corrected chi connectivity index (χ2v) is 10.8. The lowest BCUT2D eigenvalue weighted by Gasteiger charge is -2.26. The van der Waals surface area contributed by atoms with E-state index in [0.29, 0.717) is 53.9 Å². The Balaban J connectivity index is 1.76. The first-order valence-corrected chi connectivity index (χ1v) is 13.7. The number of aryl methyl sites for hydroxylation is 1. The van der Waals surface area contributed by atoms with Crippen LogP contribution in [0.15, 0.2) is 78.4 Å². The molecule has 7 heteroatoms. The average molecular weight is 543 g/mol. The number of aliphatic hydroxyl groups is 1. The highest BCUT2D eigenvalue weighted by Crippen LogP contribution is 2.41. The fourth-order valence-corrected chi connectivity index (χ4v) is 4.79. The number of carbonyl (C=O) groups is 2. The molecule has 0 radical (unpaired) electrons. The first-order chi connectivity index (χ1) is 19.2. The van der Waals surface area contributed by atoms with Crippen LogP contribution < -0.4 is 9.47 Å². The number of likely N-dealkylation sites (tertiary alicyclic amines) is 1. The van der Waals surface area contributed by atoms with Crippen molar-refractivity contribution in [2.75, 3.05) is 33.8 Å². The molecule has 0 aromatic heterocycles. The van der Waals surface area contributed by atoms with E-state index in [-0.39, 0.29) is 11.3 Å². The van der Waals surface area contributed by atoms with Crippen molar-refractivity contribution in [3.05, 3.63) is 95.1 Å². The Hall–Kier alpha value is -4.10. The van der Waals surface area contributed by atoms with Crippen LogP contribution in [-0.2, 0) is 9.59 Å². The largest absolute Gasteiger partial charge is 0.507 e. The number of ketones is 1. The topological polar surface area (TPSA) is 79.3 Å².